The molecule has 0 aliphatic carbocycles. The zero-order valence-electron chi connectivity index (χ0n) is 12.7. The summed E-state index contributed by atoms with van der Waals surface area (Å²) in [6, 6.07) is 10.9. The van der Waals surface area contributed by atoms with E-state index in [1.165, 1.54) is 11.3 Å². The van der Waals surface area contributed by atoms with Crippen molar-refractivity contribution in [1.82, 2.24) is 10.3 Å². The highest BCUT2D eigenvalue weighted by Crippen LogP contribution is 2.27. The van der Waals surface area contributed by atoms with Crippen LogP contribution >= 0.6 is 22.7 Å². The molecular weight excluding hydrogens is 342 g/mol. The van der Waals surface area contributed by atoms with Crippen LogP contribution in [0.5, 0.6) is 0 Å². The van der Waals surface area contributed by atoms with Gasteiger partial charge in [-0.15, -0.1) is 22.7 Å². The number of nitrogens with one attached hydrogen (secondary N) is 1. The third-order valence-corrected chi connectivity index (χ3v) is 5.26. The van der Waals surface area contributed by atoms with Gasteiger partial charge in [-0.25, -0.2) is 4.98 Å². The fourth-order valence-electron chi connectivity index (χ4n) is 2.16. The van der Waals surface area contributed by atoms with Crippen molar-refractivity contribution >= 4 is 34.5 Å². The van der Waals surface area contributed by atoms with Crippen LogP contribution in [0.2, 0.25) is 0 Å². The Morgan fingerprint density at radius 3 is 2.79 bits per heavy atom. The van der Waals surface area contributed by atoms with Crippen LogP contribution in [0, 0.1) is 0 Å². The van der Waals surface area contributed by atoms with E-state index in [1.54, 1.807) is 29.5 Å². The van der Waals surface area contributed by atoms with Gasteiger partial charge in [0.1, 0.15) is 5.01 Å². The van der Waals surface area contributed by atoms with Crippen molar-refractivity contribution in [2.75, 3.05) is 0 Å². The second-order valence-electron chi connectivity index (χ2n) is 5.14. The fourth-order valence-corrected chi connectivity index (χ4v) is 3.80. The number of carbonyl (C=O) groups is 2. The summed E-state index contributed by atoms with van der Waals surface area (Å²) in [6.45, 7) is 0.349. The number of hydrogen-bond acceptors (Lipinski definition) is 5. The zero-order valence-corrected chi connectivity index (χ0v) is 14.3. The highest BCUT2D eigenvalue weighted by Gasteiger charge is 2.10. The number of nitrogens with zero attached hydrogens (tertiary/aromatic N) is 1. The third kappa shape index (κ3) is 4.06. The highest BCUT2D eigenvalue weighted by molar-refractivity contribution is 7.20. The average Bonchev–Trinajstić information content (AvgIpc) is 3.24. The monoisotopic (exact) mass is 357 g/mol. The molecule has 0 aliphatic rings. The molecule has 3 rings (SSSR count). The lowest BCUT2D eigenvalue weighted by Gasteiger charge is -2.05. The molecular formula is C17H15N3O2S2. The molecule has 0 atom stereocenters. The van der Waals surface area contributed by atoms with Gasteiger partial charge < -0.3 is 11.1 Å². The van der Waals surface area contributed by atoms with Gasteiger partial charge in [-0.2, -0.15) is 0 Å². The summed E-state index contributed by atoms with van der Waals surface area (Å²) in [5.41, 5.74) is 7.27. The molecule has 2 aromatic heterocycles. The number of aromatic nitrogens is 1. The molecule has 0 saturated carbocycles. The van der Waals surface area contributed by atoms with Gasteiger partial charge in [-0.3, -0.25) is 9.59 Å². The molecule has 24 heavy (non-hydrogen) atoms. The van der Waals surface area contributed by atoms with Crippen molar-refractivity contribution in [3.8, 4) is 9.88 Å². The van der Waals surface area contributed by atoms with Crippen LogP contribution in [0.25, 0.3) is 9.88 Å². The first kappa shape index (κ1) is 16.4. The second kappa shape index (κ2) is 7.37. The Bertz CT molecular complexity index is 856. The van der Waals surface area contributed by atoms with E-state index in [4.69, 9.17) is 5.73 Å². The van der Waals surface area contributed by atoms with Crippen LogP contribution < -0.4 is 11.1 Å². The number of primary amides is 1. The van der Waals surface area contributed by atoms with E-state index in [9.17, 15) is 9.59 Å². The summed E-state index contributed by atoms with van der Waals surface area (Å²) in [6.07, 6.45) is 0.234. The summed E-state index contributed by atoms with van der Waals surface area (Å²) in [4.78, 5) is 28.8. The molecule has 1 aromatic carbocycles. The van der Waals surface area contributed by atoms with Crippen LogP contribution in [0.3, 0.4) is 0 Å². The summed E-state index contributed by atoms with van der Waals surface area (Å²) in [5, 5.41) is 7.67. The molecule has 0 fully saturated rings. The maximum Gasteiger partial charge on any atom is 0.248 e. The predicted octanol–water partition coefficient (Wildman–Crippen LogP) is 2.83. The van der Waals surface area contributed by atoms with E-state index in [1.807, 2.05) is 29.0 Å². The van der Waals surface area contributed by atoms with Gasteiger partial charge >= 0.3 is 0 Å². The van der Waals surface area contributed by atoms with E-state index in [0.717, 1.165) is 21.1 Å². The number of thiazole rings is 1. The summed E-state index contributed by atoms with van der Waals surface area (Å²) in [7, 11) is 0. The molecule has 0 radical (unpaired) electrons. The Morgan fingerprint density at radius 2 is 2.04 bits per heavy atom. The molecule has 3 aromatic rings. The summed E-state index contributed by atoms with van der Waals surface area (Å²) >= 11 is 3.17. The lowest BCUT2D eigenvalue weighted by molar-refractivity contribution is -0.120. The van der Waals surface area contributed by atoms with E-state index >= 15 is 0 Å². The van der Waals surface area contributed by atoms with Crippen molar-refractivity contribution in [3.63, 3.8) is 0 Å². The topological polar surface area (TPSA) is 85.1 Å². The predicted molar refractivity (Wildman–Crippen MR) is 95.9 cm³/mol. The normalized spacial score (nSPS) is 10.5. The first-order valence-corrected chi connectivity index (χ1v) is 9.01. The number of benzene rings is 1. The number of nitrogens with two attached hydrogens (primary N) is 1. The molecule has 2 amide bonds. The SMILES string of the molecule is NC(=O)c1cccc(CNC(=O)Cc2csc(-c3cccs3)n2)c1. The zero-order chi connectivity index (χ0) is 16.9. The molecule has 5 nitrogen and oxygen atoms in total. The van der Waals surface area contributed by atoms with Crippen molar-refractivity contribution in [3.05, 3.63) is 64.0 Å². The Labute approximate surface area is 147 Å². The number of hydrogen-bond donors (Lipinski definition) is 2. The van der Waals surface area contributed by atoms with Gasteiger partial charge in [0.05, 0.1) is 17.0 Å². The Kier molecular flexibility index (Phi) is 5.02. The minimum Gasteiger partial charge on any atom is -0.366 e. The lowest BCUT2D eigenvalue weighted by Crippen LogP contribution is -2.24. The molecule has 122 valence electrons. The molecule has 2 heterocycles. The van der Waals surface area contributed by atoms with Crippen molar-refractivity contribution in [2.24, 2.45) is 5.73 Å². The maximum absolute atomic E-state index is 12.1. The molecule has 0 unspecified atom stereocenters. The second-order valence-corrected chi connectivity index (χ2v) is 6.95. The maximum atomic E-state index is 12.1. The smallest absolute Gasteiger partial charge is 0.248 e. The van der Waals surface area contributed by atoms with Gasteiger partial charge in [0.2, 0.25) is 11.8 Å². The van der Waals surface area contributed by atoms with E-state index in [-0.39, 0.29) is 12.3 Å². The first-order chi connectivity index (χ1) is 11.6. The van der Waals surface area contributed by atoms with Crippen molar-refractivity contribution in [2.45, 2.75) is 13.0 Å². The standard InChI is InChI=1S/C17H15N3O2S2/c18-16(22)12-4-1-3-11(7-12)9-19-15(21)8-13-10-24-17(20-13)14-5-2-6-23-14/h1-7,10H,8-9H2,(H2,18,22)(H,19,21). The Hall–Kier alpha value is -2.51. The summed E-state index contributed by atoms with van der Waals surface area (Å²) in [5.74, 6) is -0.589. The van der Waals surface area contributed by atoms with Gasteiger partial charge in [0, 0.05) is 17.5 Å². The molecule has 0 bridgehead atoms. The quantitative estimate of drug-likeness (QED) is 0.711. The number of rotatable bonds is 6. The number of amides is 2. The number of thiophene rings is 1. The van der Waals surface area contributed by atoms with Crippen LogP contribution in [0.15, 0.2) is 47.2 Å². The van der Waals surface area contributed by atoms with Gasteiger partial charge in [-0.05, 0) is 29.1 Å². The Morgan fingerprint density at radius 1 is 1.17 bits per heavy atom. The highest BCUT2D eigenvalue weighted by atomic mass is 32.1. The molecule has 0 saturated heterocycles. The van der Waals surface area contributed by atoms with Crippen LogP contribution in [0.4, 0.5) is 0 Å². The fraction of sp³-hybridized carbons (Fsp3) is 0.118. The number of carbonyl (C=O) groups excluding carboxylic acids is 2. The van der Waals surface area contributed by atoms with Crippen LogP contribution in [0.1, 0.15) is 21.6 Å². The van der Waals surface area contributed by atoms with E-state index in [0.29, 0.717) is 12.1 Å². The van der Waals surface area contributed by atoms with E-state index < -0.39 is 5.91 Å². The largest absolute Gasteiger partial charge is 0.366 e. The van der Waals surface area contributed by atoms with Gasteiger partial charge in [0.25, 0.3) is 0 Å². The van der Waals surface area contributed by atoms with Crippen molar-refractivity contribution in [1.29, 1.82) is 0 Å². The molecule has 0 spiro atoms. The van der Waals surface area contributed by atoms with Crippen LogP contribution in [-0.2, 0) is 17.8 Å². The van der Waals surface area contributed by atoms with Crippen LogP contribution in [-0.4, -0.2) is 16.8 Å². The minimum absolute atomic E-state index is 0.109. The van der Waals surface area contributed by atoms with Crippen molar-refractivity contribution < 1.29 is 9.59 Å². The molecule has 0 aliphatic heterocycles. The minimum atomic E-state index is -0.480. The van der Waals surface area contributed by atoms with Gasteiger partial charge in [-0.1, -0.05) is 18.2 Å². The van der Waals surface area contributed by atoms with E-state index in [2.05, 4.69) is 10.3 Å². The summed E-state index contributed by atoms with van der Waals surface area (Å²) < 4.78 is 0. The van der Waals surface area contributed by atoms with Gasteiger partial charge in [0.15, 0.2) is 0 Å². The molecule has 7 heteroatoms. The lowest BCUT2D eigenvalue weighted by atomic mass is 10.1. The first-order valence-electron chi connectivity index (χ1n) is 7.25. The molecule has 3 N–H and O–H groups in total. The Balaban J connectivity index is 1.56. The average molecular weight is 357 g/mol. The third-order valence-electron chi connectivity index (χ3n) is 3.33.